The highest BCUT2D eigenvalue weighted by atomic mass is 35.5. The molecule has 1 aromatic rings. The fraction of sp³-hybridized carbons (Fsp3) is 0.333. The van der Waals surface area contributed by atoms with Gasteiger partial charge in [0, 0.05) is 17.2 Å². The van der Waals surface area contributed by atoms with Gasteiger partial charge in [0.2, 0.25) is 0 Å². The number of carbonyl (C=O) groups excluding carboxylic acids is 2. The molecular formula is C15H17ClO4. The van der Waals surface area contributed by atoms with Crippen LogP contribution in [0.5, 0.6) is 5.75 Å². The predicted molar refractivity (Wildman–Crippen MR) is 76.8 cm³/mol. The summed E-state index contributed by atoms with van der Waals surface area (Å²) < 4.78 is 9.90. The molecule has 1 aromatic carbocycles. The first-order valence-electron chi connectivity index (χ1n) is 6.35. The van der Waals surface area contributed by atoms with Crippen molar-refractivity contribution in [3.63, 3.8) is 0 Å². The lowest BCUT2D eigenvalue weighted by atomic mass is 10.2. The van der Waals surface area contributed by atoms with E-state index in [2.05, 4.69) is 0 Å². The Morgan fingerprint density at radius 2 is 1.95 bits per heavy atom. The first-order chi connectivity index (χ1) is 9.52. The van der Waals surface area contributed by atoms with E-state index in [0.717, 1.165) is 30.6 Å². The molecule has 0 N–H and O–H groups in total. The zero-order valence-electron chi connectivity index (χ0n) is 11.5. The fourth-order valence-corrected chi connectivity index (χ4v) is 1.45. The first kappa shape index (κ1) is 16.2. The second kappa shape index (κ2) is 8.38. The standard InChI is InChI=1S/C15H17ClO4/c1-3-4-9-19-14(17)7-8-15(18)20-12-5-6-13(16)11(2)10-12/h5-8,10H,3-4,9H2,1-2H3/b8-7+. The Hall–Kier alpha value is -1.81. The molecule has 0 saturated heterocycles. The number of aryl methyl sites for hydroxylation is 1. The predicted octanol–water partition coefficient (Wildman–Crippen LogP) is 3.45. The highest BCUT2D eigenvalue weighted by Crippen LogP contribution is 2.21. The first-order valence-corrected chi connectivity index (χ1v) is 6.73. The van der Waals surface area contributed by atoms with Gasteiger partial charge in [0.15, 0.2) is 0 Å². The summed E-state index contributed by atoms with van der Waals surface area (Å²) in [6, 6.07) is 4.87. The van der Waals surface area contributed by atoms with E-state index < -0.39 is 11.9 Å². The molecule has 0 aromatic heterocycles. The topological polar surface area (TPSA) is 52.6 Å². The molecule has 0 saturated carbocycles. The van der Waals surface area contributed by atoms with E-state index >= 15 is 0 Å². The van der Waals surface area contributed by atoms with Gasteiger partial charge in [-0.2, -0.15) is 0 Å². The lowest BCUT2D eigenvalue weighted by Gasteiger charge is -2.03. The van der Waals surface area contributed by atoms with Crippen molar-refractivity contribution in [1.82, 2.24) is 0 Å². The Morgan fingerprint density at radius 1 is 1.25 bits per heavy atom. The molecule has 1 rings (SSSR count). The number of rotatable bonds is 6. The molecule has 20 heavy (non-hydrogen) atoms. The lowest BCUT2D eigenvalue weighted by molar-refractivity contribution is -0.138. The van der Waals surface area contributed by atoms with Gasteiger partial charge in [-0.3, -0.25) is 0 Å². The zero-order valence-corrected chi connectivity index (χ0v) is 12.3. The van der Waals surface area contributed by atoms with Gasteiger partial charge >= 0.3 is 11.9 Å². The van der Waals surface area contributed by atoms with Crippen LogP contribution in [-0.4, -0.2) is 18.5 Å². The average molecular weight is 297 g/mol. The number of benzene rings is 1. The van der Waals surface area contributed by atoms with E-state index in [4.69, 9.17) is 21.1 Å². The van der Waals surface area contributed by atoms with E-state index in [1.807, 2.05) is 6.92 Å². The van der Waals surface area contributed by atoms with Gasteiger partial charge in [-0.05, 0) is 37.1 Å². The summed E-state index contributed by atoms with van der Waals surface area (Å²) in [6.07, 6.45) is 3.84. The minimum absolute atomic E-state index is 0.352. The summed E-state index contributed by atoms with van der Waals surface area (Å²) >= 11 is 5.86. The summed E-state index contributed by atoms with van der Waals surface area (Å²) in [4.78, 5) is 22.7. The van der Waals surface area contributed by atoms with Crippen molar-refractivity contribution in [2.24, 2.45) is 0 Å². The molecule has 0 aliphatic heterocycles. The Bertz CT molecular complexity index is 509. The van der Waals surface area contributed by atoms with Crippen molar-refractivity contribution in [1.29, 1.82) is 0 Å². The molecule has 0 spiro atoms. The van der Waals surface area contributed by atoms with Gasteiger partial charge in [-0.1, -0.05) is 24.9 Å². The van der Waals surface area contributed by atoms with Gasteiger partial charge in [0.05, 0.1) is 6.61 Å². The van der Waals surface area contributed by atoms with E-state index in [9.17, 15) is 9.59 Å². The van der Waals surface area contributed by atoms with Crippen molar-refractivity contribution < 1.29 is 19.1 Å². The minimum Gasteiger partial charge on any atom is -0.463 e. The SMILES string of the molecule is CCCCOC(=O)/C=C/C(=O)Oc1ccc(Cl)c(C)c1. The van der Waals surface area contributed by atoms with Crippen molar-refractivity contribution >= 4 is 23.5 Å². The van der Waals surface area contributed by atoms with Crippen LogP contribution in [-0.2, 0) is 14.3 Å². The molecule has 0 unspecified atom stereocenters. The van der Waals surface area contributed by atoms with Gasteiger partial charge in [0.25, 0.3) is 0 Å². The fourth-order valence-electron chi connectivity index (χ4n) is 1.33. The summed E-state index contributed by atoms with van der Waals surface area (Å²) in [7, 11) is 0. The minimum atomic E-state index is -0.640. The number of ether oxygens (including phenoxy) is 2. The van der Waals surface area contributed by atoms with Crippen LogP contribution in [0.15, 0.2) is 30.4 Å². The molecule has 4 nitrogen and oxygen atoms in total. The molecule has 108 valence electrons. The van der Waals surface area contributed by atoms with Crippen LogP contribution >= 0.6 is 11.6 Å². The van der Waals surface area contributed by atoms with Crippen LogP contribution < -0.4 is 4.74 Å². The molecule has 0 atom stereocenters. The molecule has 5 heteroatoms. The highest BCUT2D eigenvalue weighted by Gasteiger charge is 2.04. The highest BCUT2D eigenvalue weighted by molar-refractivity contribution is 6.31. The average Bonchev–Trinajstić information content (AvgIpc) is 2.41. The van der Waals surface area contributed by atoms with Crippen LogP contribution in [0.4, 0.5) is 0 Å². The van der Waals surface area contributed by atoms with Gasteiger partial charge in [-0.25, -0.2) is 9.59 Å². The third kappa shape index (κ3) is 5.89. The maximum Gasteiger partial charge on any atom is 0.336 e. The monoisotopic (exact) mass is 296 g/mol. The third-order valence-electron chi connectivity index (χ3n) is 2.45. The number of halogens is 1. The largest absolute Gasteiger partial charge is 0.463 e. The maximum atomic E-state index is 11.5. The van der Waals surface area contributed by atoms with Crippen LogP contribution in [0.1, 0.15) is 25.3 Å². The maximum absolute atomic E-state index is 11.5. The molecule has 0 aliphatic carbocycles. The molecule has 0 bridgehead atoms. The van der Waals surface area contributed by atoms with Crippen molar-refractivity contribution in [3.05, 3.63) is 40.9 Å². The number of hydrogen-bond acceptors (Lipinski definition) is 4. The van der Waals surface area contributed by atoms with E-state index in [1.54, 1.807) is 25.1 Å². The number of hydrogen-bond donors (Lipinski definition) is 0. The molecular weight excluding hydrogens is 280 g/mol. The molecule has 0 fully saturated rings. The van der Waals surface area contributed by atoms with Crippen molar-refractivity contribution in [2.75, 3.05) is 6.61 Å². The lowest BCUT2D eigenvalue weighted by Crippen LogP contribution is -2.07. The smallest absolute Gasteiger partial charge is 0.336 e. The third-order valence-corrected chi connectivity index (χ3v) is 2.87. The number of esters is 2. The van der Waals surface area contributed by atoms with Gasteiger partial charge < -0.3 is 9.47 Å². The Morgan fingerprint density at radius 3 is 2.60 bits per heavy atom. The second-order valence-electron chi connectivity index (χ2n) is 4.19. The quantitative estimate of drug-likeness (QED) is 0.349. The molecule has 0 aliphatic rings. The van der Waals surface area contributed by atoms with E-state index in [1.165, 1.54) is 0 Å². The summed E-state index contributed by atoms with van der Waals surface area (Å²) in [5, 5.41) is 0.597. The van der Waals surface area contributed by atoms with Gasteiger partial charge in [0.1, 0.15) is 5.75 Å². The normalized spacial score (nSPS) is 10.6. The Kier molecular flexibility index (Phi) is 6.81. The Balaban J connectivity index is 2.46. The summed E-state index contributed by atoms with van der Waals surface area (Å²) in [5.74, 6) is -0.817. The number of carbonyl (C=O) groups is 2. The van der Waals surface area contributed by atoms with Crippen LogP contribution in [0.3, 0.4) is 0 Å². The molecule has 0 amide bonds. The summed E-state index contributed by atoms with van der Waals surface area (Å²) in [5.41, 5.74) is 0.805. The van der Waals surface area contributed by atoms with E-state index in [-0.39, 0.29) is 0 Å². The van der Waals surface area contributed by atoms with Crippen LogP contribution in [0.2, 0.25) is 5.02 Å². The Labute approximate surface area is 123 Å². The molecule has 0 heterocycles. The summed E-state index contributed by atoms with van der Waals surface area (Å²) in [6.45, 7) is 4.15. The van der Waals surface area contributed by atoms with Crippen LogP contribution in [0.25, 0.3) is 0 Å². The van der Waals surface area contributed by atoms with Crippen LogP contribution in [0, 0.1) is 6.92 Å². The number of unbranched alkanes of at least 4 members (excludes halogenated alkanes) is 1. The van der Waals surface area contributed by atoms with Gasteiger partial charge in [-0.15, -0.1) is 0 Å². The second-order valence-corrected chi connectivity index (χ2v) is 4.59. The van der Waals surface area contributed by atoms with Crippen molar-refractivity contribution in [2.45, 2.75) is 26.7 Å². The van der Waals surface area contributed by atoms with Crippen molar-refractivity contribution in [3.8, 4) is 5.75 Å². The van der Waals surface area contributed by atoms with E-state index in [0.29, 0.717) is 17.4 Å². The zero-order chi connectivity index (χ0) is 15.0. The molecule has 0 radical (unpaired) electrons.